The lowest BCUT2D eigenvalue weighted by molar-refractivity contribution is 0.988. The molecule has 1 rings (SSSR count). The molecule has 1 nitrogen and oxygen atoms in total. The van der Waals surface area contributed by atoms with E-state index in [-0.39, 0.29) is 0 Å². The van der Waals surface area contributed by atoms with Gasteiger partial charge >= 0.3 is 0 Å². The van der Waals surface area contributed by atoms with Gasteiger partial charge in [0, 0.05) is 11.4 Å². The Labute approximate surface area is 71.3 Å². The number of hydrogen-bond acceptors (Lipinski definition) is 2. The summed E-state index contributed by atoms with van der Waals surface area (Å²) in [7, 11) is 0. The minimum atomic E-state index is 0.734. The van der Waals surface area contributed by atoms with Crippen LogP contribution >= 0.6 is 39.0 Å². The Morgan fingerprint density at radius 3 is 2.89 bits per heavy atom. The maximum Gasteiger partial charge on any atom is 0.0701 e. The van der Waals surface area contributed by atoms with E-state index in [0.29, 0.717) is 0 Å². The first-order chi connectivity index (χ1) is 4.33. The van der Waals surface area contributed by atoms with Crippen molar-refractivity contribution in [2.24, 2.45) is 0 Å². The minimum absolute atomic E-state index is 0.734. The van der Waals surface area contributed by atoms with Crippen LogP contribution < -0.4 is 4.84 Å². The lowest BCUT2D eigenvalue weighted by Gasteiger charge is -1.87. The molecule has 0 aliphatic rings. The average Bonchev–Trinajstić information content (AvgIpc) is 2.17. The number of rotatable bonds is 2. The number of halogens is 2. The van der Waals surface area contributed by atoms with Crippen molar-refractivity contribution in [1.29, 1.82) is 0 Å². The van der Waals surface area contributed by atoms with Crippen LogP contribution in [0.25, 0.3) is 0 Å². The van der Waals surface area contributed by atoms with Crippen molar-refractivity contribution in [3.63, 3.8) is 0 Å². The van der Waals surface area contributed by atoms with Crippen molar-refractivity contribution < 1.29 is 0 Å². The molecule has 0 aromatic carbocycles. The van der Waals surface area contributed by atoms with Crippen LogP contribution in [0.4, 0.5) is 0 Å². The van der Waals surface area contributed by atoms with Crippen LogP contribution in [0.2, 0.25) is 0 Å². The third-order valence-electron chi connectivity index (χ3n) is 0.870. The summed E-state index contributed by atoms with van der Waals surface area (Å²) in [4.78, 5) is 3.79. The summed E-state index contributed by atoms with van der Waals surface area (Å²) in [6.07, 6.45) is 0. The Kier molecular flexibility index (Phi) is 2.98. The molecule has 0 saturated carbocycles. The molecule has 0 atom stereocenters. The van der Waals surface area contributed by atoms with E-state index in [1.54, 1.807) is 11.3 Å². The summed E-state index contributed by atoms with van der Waals surface area (Å²) in [5.41, 5.74) is 0. The van der Waals surface area contributed by atoms with Crippen LogP contribution in [0.5, 0.6) is 0 Å². The van der Waals surface area contributed by atoms with E-state index >= 15 is 0 Å². The molecule has 1 aromatic heterocycles. The number of thiophene rings is 1. The lowest BCUT2D eigenvalue weighted by Crippen LogP contribution is -1.94. The van der Waals surface area contributed by atoms with Crippen LogP contribution in [-0.4, -0.2) is 0 Å². The largest absolute Gasteiger partial charge is 0.228 e. The van der Waals surface area contributed by atoms with Crippen molar-refractivity contribution in [1.82, 2.24) is 4.84 Å². The lowest BCUT2D eigenvalue weighted by atomic mass is 10.5. The van der Waals surface area contributed by atoms with Gasteiger partial charge in [0.2, 0.25) is 0 Å². The van der Waals surface area contributed by atoms with E-state index in [4.69, 9.17) is 11.8 Å². The van der Waals surface area contributed by atoms with Crippen molar-refractivity contribution in [3.05, 3.63) is 20.8 Å². The van der Waals surface area contributed by atoms with Gasteiger partial charge in [-0.25, -0.2) is 4.84 Å². The zero-order valence-corrected chi connectivity index (χ0v) is 7.68. The molecule has 4 heteroatoms. The highest BCUT2D eigenvalue weighted by Crippen LogP contribution is 2.21. The molecule has 0 fully saturated rings. The van der Waals surface area contributed by atoms with Crippen molar-refractivity contribution in [3.8, 4) is 0 Å². The van der Waals surface area contributed by atoms with Crippen LogP contribution in [0, 0.1) is 0 Å². The van der Waals surface area contributed by atoms with Gasteiger partial charge in [0.15, 0.2) is 0 Å². The smallest absolute Gasteiger partial charge is 0.0701 e. The van der Waals surface area contributed by atoms with Gasteiger partial charge in [-0.05, 0) is 39.8 Å². The minimum Gasteiger partial charge on any atom is -0.228 e. The first-order valence-corrected chi connectivity index (χ1v) is 4.39. The fourth-order valence-electron chi connectivity index (χ4n) is 0.513. The molecular formula is C5H5BrClNS. The molecule has 0 saturated heterocycles. The van der Waals surface area contributed by atoms with E-state index in [1.807, 2.05) is 12.1 Å². The molecule has 1 aromatic rings. The summed E-state index contributed by atoms with van der Waals surface area (Å²) in [5.74, 6) is 0. The van der Waals surface area contributed by atoms with Crippen molar-refractivity contribution in [2.45, 2.75) is 6.54 Å². The van der Waals surface area contributed by atoms with Crippen LogP contribution in [0.3, 0.4) is 0 Å². The molecule has 1 heterocycles. The summed E-state index contributed by atoms with van der Waals surface area (Å²) >= 11 is 10.3. The van der Waals surface area contributed by atoms with Gasteiger partial charge in [0.1, 0.15) is 0 Å². The molecule has 0 unspecified atom stereocenters. The van der Waals surface area contributed by atoms with Gasteiger partial charge in [-0.15, -0.1) is 11.3 Å². The average molecular weight is 227 g/mol. The fourth-order valence-corrected chi connectivity index (χ4v) is 2.16. The third-order valence-corrected chi connectivity index (χ3v) is 2.63. The van der Waals surface area contributed by atoms with E-state index in [2.05, 4.69) is 20.8 Å². The summed E-state index contributed by atoms with van der Waals surface area (Å²) in [6.45, 7) is 0.734. The van der Waals surface area contributed by atoms with E-state index in [1.165, 1.54) is 4.88 Å². The molecule has 0 aliphatic carbocycles. The zero-order valence-electron chi connectivity index (χ0n) is 4.53. The molecule has 9 heavy (non-hydrogen) atoms. The Morgan fingerprint density at radius 1 is 1.67 bits per heavy atom. The van der Waals surface area contributed by atoms with E-state index in [9.17, 15) is 0 Å². The second kappa shape index (κ2) is 3.56. The molecule has 0 spiro atoms. The van der Waals surface area contributed by atoms with E-state index in [0.717, 1.165) is 10.3 Å². The molecule has 0 amide bonds. The van der Waals surface area contributed by atoms with Crippen LogP contribution in [0.15, 0.2) is 15.9 Å². The normalized spacial score (nSPS) is 10.0. The maximum atomic E-state index is 5.29. The van der Waals surface area contributed by atoms with Crippen molar-refractivity contribution >= 4 is 39.0 Å². The second-order valence-corrected chi connectivity index (χ2v) is 4.33. The predicted molar refractivity (Wildman–Crippen MR) is 44.7 cm³/mol. The van der Waals surface area contributed by atoms with Crippen molar-refractivity contribution in [2.75, 3.05) is 0 Å². The SMILES string of the molecule is ClNCc1ccc(Br)s1. The Hall–Kier alpha value is 0.430. The summed E-state index contributed by atoms with van der Waals surface area (Å²) in [5, 5.41) is 0. The fraction of sp³-hybridized carbons (Fsp3) is 0.200. The summed E-state index contributed by atoms with van der Waals surface area (Å²) < 4.78 is 1.14. The molecule has 0 radical (unpaired) electrons. The summed E-state index contributed by atoms with van der Waals surface area (Å²) in [6, 6.07) is 4.04. The van der Waals surface area contributed by atoms with Gasteiger partial charge in [-0.1, -0.05) is 0 Å². The number of hydrogen-bond donors (Lipinski definition) is 1. The Balaban J connectivity index is 2.61. The molecule has 50 valence electrons. The van der Waals surface area contributed by atoms with Gasteiger partial charge in [0.05, 0.1) is 3.79 Å². The standard InChI is InChI=1S/C5H5BrClNS/c6-5-2-1-4(9-5)3-8-7/h1-2,8H,3H2. The zero-order chi connectivity index (χ0) is 6.69. The maximum absolute atomic E-state index is 5.29. The topological polar surface area (TPSA) is 12.0 Å². The Bertz CT molecular complexity index is 189. The molecule has 1 N–H and O–H groups in total. The Morgan fingerprint density at radius 2 is 2.44 bits per heavy atom. The highest BCUT2D eigenvalue weighted by atomic mass is 79.9. The highest BCUT2D eigenvalue weighted by Gasteiger charge is 1.93. The van der Waals surface area contributed by atoms with Gasteiger partial charge < -0.3 is 0 Å². The first kappa shape index (κ1) is 7.54. The van der Waals surface area contributed by atoms with Crippen LogP contribution in [-0.2, 0) is 6.54 Å². The molecule has 0 aliphatic heterocycles. The first-order valence-electron chi connectivity index (χ1n) is 2.40. The van der Waals surface area contributed by atoms with Crippen LogP contribution in [0.1, 0.15) is 4.88 Å². The van der Waals surface area contributed by atoms with Gasteiger partial charge in [0.25, 0.3) is 0 Å². The number of nitrogens with one attached hydrogen (secondary N) is 1. The predicted octanol–water partition coefficient (Wildman–Crippen LogP) is 2.75. The quantitative estimate of drug-likeness (QED) is 0.765. The monoisotopic (exact) mass is 225 g/mol. The molecule has 0 bridgehead atoms. The highest BCUT2D eigenvalue weighted by molar-refractivity contribution is 9.11. The van der Waals surface area contributed by atoms with Gasteiger partial charge in [-0.2, -0.15) is 0 Å². The van der Waals surface area contributed by atoms with E-state index < -0.39 is 0 Å². The third kappa shape index (κ3) is 2.26. The second-order valence-electron chi connectivity index (χ2n) is 1.52. The van der Waals surface area contributed by atoms with Gasteiger partial charge in [-0.3, -0.25) is 0 Å². The molecular weight excluding hydrogens is 221 g/mol.